The van der Waals surface area contributed by atoms with Crippen LogP contribution in [-0.2, 0) is 5.41 Å². The molecule has 98 valence electrons. The van der Waals surface area contributed by atoms with E-state index in [2.05, 4.69) is 67.8 Å². The Morgan fingerprint density at radius 1 is 0.950 bits per heavy atom. The van der Waals surface area contributed by atoms with Crippen molar-refractivity contribution in [3.63, 3.8) is 0 Å². The van der Waals surface area contributed by atoms with Gasteiger partial charge in [0, 0.05) is 5.41 Å². The van der Waals surface area contributed by atoms with Crippen LogP contribution in [0.1, 0.15) is 24.0 Å². The number of hydrogen-bond donors (Lipinski definition) is 0. The summed E-state index contributed by atoms with van der Waals surface area (Å²) in [5.41, 5.74) is 7.14. The minimum Gasteiger partial charge on any atom is -0.103 e. The van der Waals surface area contributed by atoms with E-state index in [0.717, 1.165) is 12.8 Å². The molecule has 2 aliphatic carbocycles. The lowest BCUT2D eigenvalue weighted by Gasteiger charge is -2.32. The molecule has 4 rings (SSSR count). The van der Waals surface area contributed by atoms with Crippen molar-refractivity contribution in [2.75, 3.05) is 0 Å². The minimum atomic E-state index is 0.0754. The van der Waals surface area contributed by atoms with Crippen LogP contribution in [0.4, 0.5) is 0 Å². The van der Waals surface area contributed by atoms with E-state index in [9.17, 15) is 0 Å². The summed E-state index contributed by atoms with van der Waals surface area (Å²) >= 11 is 0. The lowest BCUT2D eigenvalue weighted by molar-refractivity contribution is 0.456. The maximum atomic E-state index is 4.27. The molecule has 1 unspecified atom stereocenters. The first kappa shape index (κ1) is 11.7. The van der Waals surface area contributed by atoms with Gasteiger partial charge < -0.3 is 0 Å². The monoisotopic (exact) mass is 258 g/mol. The maximum absolute atomic E-state index is 4.27. The van der Waals surface area contributed by atoms with Gasteiger partial charge in [-0.25, -0.2) is 0 Å². The molecule has 0 aliphatic heterocycles. The highest BCUT2D eigenvalue weighted by molar-refractivity contribution is 5.82. The predicted octanol–water partition coefficient (Wildman–Crippen LogP) is 5.11. The second kappa shape index (κ2) is 3.96. The number of benzene rings is 2. The summed E-state index contributed by atoms with van der Waals surface area (Å²) in [7, 11) is 0. The first-order chi connectivity index (χ1) is 9.77. The van der Waals surface area contributed by atoms with Gasteiger partial charge in [-0.1, -0.05) is 66.8 Å². The summed E-state index contributed by atoms with van der Waals surface area (Å²) in [5.74, 6) is 0.458. The first-order valence-electron chi connectivity index (χ1n) is 7.26. The topological polar surface area (TPSA) is 0 Å². The van der Waals surface area contributed by atoms with Crippen LogP contribution in [0.5, 0.6) is 0 Å². The average Bonchev–Trinajstić information content (AvgIpc) is 2.97. The highest BCUT2D eigenvalue weighted by Gasteiger charge is 2.50. The zero-order valence-corrected chi connectivity index (χ0v) is 11.6. The third kappa shape index (κ3) is 1.27. The van der Waals surface area contributed by atoms with Gasteiger partial charge in [0.2, 0.25) is 0 Å². The van der Waals surface area contributed by atoms with E-state index < -0.39 is 0 Å². The van der Waals surface area contributed by atoms with Gasteiger partial charge in [0.15, 0.2) is 0 Å². The van der Waals surface area contributed by atoms with Gasteiger partial charge in [-0.05, 0) is 41.0 Å². The molecule has 2 aromatic rings. The fourth-order valence-corrected chi connectivity index (χ4v) is 4.32. The van der Waals surface area contributed by atoms with Crippen LogP contribution >= 0.6 is 0 Å². The van der Waals surface area contributed by atoms with Gasteiger partial charge in [-0.3, -0.25) is 0 Å². The van der Waals surface area contributed by atoms with E-state index >= 15 is 0 Å². The van der Waals surface area contributed by atoms with Gasteiger partial charge in [-0.2, -0.15) is 0 Å². The van der Waals surface area contributed by atoms with E-state index in [1.807, 2.05) is 0 Å². The Labute approximate surface area is 120 Å². The zero-order chi connectivity index (χ0) is 13.7. The zero-order valence-electron chi connectivity index (χ0n) is 11.6. The molecule has 0 bridgehead atoms. The van der Waals surface area contributed by atoms with E-state index in [1.165, 1.54) is 27.8 Å². The van der Waals surface area contributed by atoms with Crippen molar-refractivity contribution in [2.24, 2.45) is 5.92 Å². The van der Waals surface area contributed by atoms with Crippen LogP contribution in [0, 0.1) is 5.92 Å². The average molecular weight is 258 g/mol. The summed E-state index contributed by atoms with van der Waals surface area (Å²) in [5, 5.41) is 0. The van der Waals surface area contributed by atoms with Crippen molar-refractivity contribution in [2.45, 2.75) is 18.3 Å². The van der Waals surface area contributed by atoms with E-state index in [-0.39, 0.29) is 5.41 Å². The molecule has 0 heterocycles. The molecule has 2 aliphatic rings. The Balaban J connectivity index is 2.10. The van der Waals surface area contributed by atoms with Gasteiger partial charge in [0.05, 0.1) is 0 Å². The third-order valence-corrected chi connectivity index (χ3v) is 5.06. The fourth-order valence-electron chi connectivity index (χ4n) is 4.32. The molecule has 0 N–H and O–H groups in total. The SMILES string of the molecule is C=CC1CC(=C)CC12c1ccccc1-c1ccccc12. The molecule has 0 amide bonds. The predicted molar refractivity (Wildman–Crippen MR) is 84.7 cm³/mol. The maximum Gasteiger partial charge on any atom is 0.0317 e. The van der Waals surface area contributed by atoms with Crippen molar-refractivity contribution in [3.05, 3.63) is 84.5 Å². The van der Waals surface area contributed by atoms with Crippen molar-refractivity contribution in [1.82, 2.24) is 0 Å². The third-order valence-electron chi connectivity index (χ3n) is 5.06. The van der Waals surface area contributed by atoms with Crippen LogP contribution in [0.15, 0.2) is 73.3 Å². The highest BCUT2D eigenvalue weighted by Crippen LogP contribution is 2.60. The second-order valence-corrected chi connectivity index (χ2v) is 6.04. The van der Waals surface area contributed by atoms with E-state index in [0.29, 0.717) is 5.92 Å². The summed E-state index contributed by atoms with van der Waals surface area (Å²) in [6.45, 7) is 8.37. The lowest BCUT2D eigenvalue weighted by Crippen LogP contribution is -2.28. The van der Waals surface area contributed by atoms with Crippen LogP contribution in [0.25, 0.3) is 11.1 Å². The van der Waals surface area contributed by atoms with E-state index in [4.69, 9.17) is 0 Å². The van der Waals surface area contributed by atoms with Crippen molar-refractivity contribution in [1.29, 1.82) is 0 Å². The number of rotatable bonds is 1. The van der Waals surface area contributed by atoms with Crippen molar-refractivity contribution in [3.8, 4) is 11.1 Å². The second-order valence-electron chi connectivity index (χ2n) is 6.04. The molecule has 0 saturated heterocycles. The molecule has 0 radical (unpaired) electrons. The highest BCUT2D eigenvalue weighted by atomic mass is 14.5. The quantitative estimate of drug-likeness (QED) is 0.624. The molecule has 1 spiro atoms. The van der Waals surface area contributed by atoms with Gasteiger partial charge >= 0.3 is 0 Å². The van der Waals surface area contributed by atoms with Gasteiger partial charge in [0.25, 0.3) is 0 Å². The standard InChI is InChI=1S/C20H18/c1-3-15-12-14(2)13-20(15)18-10-6-4-8-16(18)17-9-5-7-11-19(17)20/h3-11,15H,1-2,12-13H2. The Morgan fingerprint density at radius 3 is 2.05 bits per heavy atom. The summed E-state index contributed by atoms with van der Waals surface area (Å²) in [6, 6.07) is 17.7. The van der Waals surface area contributed by atoms with E-state index in [1.54, 1.807) is 0 Å². The minimum absolute atomic E-state index is 0.0754. The van der Waals surface area contributed by atoms with Crippen LogP contribution in [0.2, 0.25) is 0 Å². The summed E-state index contributed by atoms with van der Waals surface area (Å²) in [6.07, 6.45) is 4.25. The Bertz CT molecular complexity index is 675. The number of hydrogen-bond acceptors (Lipinski definition) is 0. The molecule has 1 atom stereocenters. The molecule has 0 nitrogen and oxygen atoms in total. The van der Waals surface area contributed by atoms with Crippen molar-refractivity contribution >= 4 is 0 Å². The number of allylic oxidation sites excluding steroid dienone is 2. The summed E-state index contributed by atoms with van der Waals surface area (Å²) < 4.78 is 0. The lowest BCUT2D eigenvalue weighted by atomic mass is 9.70. The molecule has 2 aromatic carbocycles. The molecule has 20 heavy (non-hydrogen) atoms. The molecule has 1 fully saturated rings. The molecular weight excluding hydrogens is 240 g/mol. The van der Waals surface area contributed by atoms with Crippen LogP contribution in [-0.4, -0.2) is 0 Å². The molecular formula is C20H18. The molecule has 0 heteroatoms. The first-order valence-corrected chi connectivity index (χ1v) is 7.26. The van der Waals surface area contributed by atoms with Crippen molar-refractivity contribution < 1.29 is 0 Å². The Hall–Kier alpha value is -2.08. The normalized spacial score (nSPS) is 21.8. The molecule has 1 saturated carbocycles. The van der Waals surface area contributed by atoms with Crippen LogP contribution in [0.3, 0.4) is 0 Å². The Morgan fingerprint density at radius 2 is 1.50 bits per heavy atom. The van der Waals surface area contributed by atoms with Gasteiger partial charge in [0.1, 0.15) is 0 Å². The van der Waals surface area contributed by atoms with Crippen LogP contribution < -0.4 is 0 Å². The van der Waals surface area contributed by atoms with Gasteiger partial charge in [-0.15, -0.1) is 6.58 Å². The number of fused-ring (bicyclic) bond motifs is 5. The fraction of sp³-hybridized carbons (Fsp3) is 0.200. The molecule has 0 aromatic heterocycles. The smallest absolute Gasteiger partial charge is 0.0317 e. The largest absolute Gasteiger partial charge is 0.103 e. The summed E-state index contributed by atoms with van der Waals surface area (Å²) in [4.78, 5) is 0. The Kier molecular flexibility index (Phi) is 2.32.